The van der Waals surface area contributed by atoms with Gasteiger partial charge in [0.1, 0.15) is 0 Å². The molecule has 0 saturated carbocycles. The van der Waals surface area contributed by atoms with E-state index in [-0.39, 0.29) is 21.4 Å². The highest BCUT2D eigenvalue weighted by atomic mass is 32.2. The van der Waals surface area contributed by atoms with E-state index >= 15 is 0 Å². The van der Waals surface area contributed by atoms with Crippen LogP contribution in [0.4, 0.5) is 17.1 Å². The fourth-order valence-electron chi connectivity index (χ4n) is 3.01. The number of amides is 1. The molecule has 0 saturated heterocycles. The van der Waals surface area contributed by atoms with Crippen molar-refractivity contribution in [2.45, 2.75) is 30.6 Å². The number of carbonyl (C=O) groups excluding carboxylic acids is 1. The molecule has 0 aliphatic rings. The SMILES string of the molecule is CC(=O)Nc1ccc(S(=O)(=O)Nc2ccc(C)c(S(=O)(=O)Nc3cccc(C)c3)c2)cc1. The van der Waals surface area contributed by atoms with Crippen molar-refractivity contribution in [3.63, 3.8) is 0 Å². The minimum atomic E-state index is -3.98. The quantitative estimate of drug-likeness (QED) is 0.481. The van der Waals surface area contributed by atoms with E-state index in [0.717, 1.165) is 5.56 Å². The lowest BCUT2D eigenvalue weighted by molar-refractivity contribution is -0.114. The van der Waals surface area contributed by atoms with Crippen molar-refractivity contribution in [2.24, 2.45) is 0 Å². The van der Waals surface area contributed by atoms with Crippen molar-refractivity contribution in [2.75, 3.05) is 14.8 Å². The summed E-state index contributed by atoms with van der Waals surface area (Å²) < 4.78 is 56.3. The van der Waals surface area contributed by atoms with E-state index in [1.165, 1.54) is 49.4 Å². The third kappa shape index (κ3) is 5.65. The number of hydrogen-bond donors (Lipinski definition) is 3. The second-order valence-electron chi connectivity index (χ2n) is 7.27. The lowest BCUT2D eigenvalue weighted by Crippen LogP contribution is -2.16. The Bertz CT molecular complexity index is 1370. The molecule has 0 bridgehead atoms. The van der Waals surface area contributed by atoms with Gasteiger partial charge in [0.25, 0.3) is 20.0 Å². The lowest BCUT2D eigenvalue weighted by atomic mass is 10.2. The summed E-state index contributed by atoms with van der Waals surface area (Å²) in [5.74, 6) is -0.272. The monoisotopic (exact) mass is 473 g/mol. The summed E-state index contributed by atoms with van der Waals surface area (Å²) in [7, 11) is -7.92. The van der Waals surface area contributed by atoms with Crippen LogP contribution in [-0.4, -0.2) is 22.7 Å². The molecule has 10 heteroatoms. The number of hydrogen-bond acceptors (Lipinski definition) is 5. The first-order valence-electron chi connectivity index (χ1n) is 9.57. The molecule has 3 aromatic carbocycles. The van der Waals surface area contributed by atoms with Gasteiger partial charge in [0.15, 0.2) is 0 Å². The van der Waals surface area contributed by atoms with E-state index in [4.69, 9.17) is 0 Å². The van der Waals surface area contributed by atoms with Crippen molar-refractivity contribution in [1.82, 2.24) is 0 Å². The molecule has 0 atom stereocenters. The molecule has 168 valence electrons. The molecule has 0 aliphatic heterocycles. The highest BCUT2D eigenvalue weighted by Gasteiger charge is 2.20. The summed E-state index contributed by atoms with van der Waals surface area (Å²) in [5.41, 5.74) is 2.34. The van der Waals surface area contributed by atoms with E-state index in [1.54, 1.807) is 25.1 Å². The van der Waals surface area contributed by atoms with Crippen LogP contribution in [-0.2, 0) is 24.8 Å². The van der Waals surface area contributed by atoms with Crippen LogP contribution in [0.1, 0.15) is 18.1 Å². The van der Waals surface area contributed by atoms with Crippen molar-refractivity contribution >= 4 is 43.0 Å². The summed E-state index contributed by atoms with van der Waals surface area (Å²) in [5, 5.41) is 2.56. The maximum Gasteiger partial charge on any atom is 0.262 e. The van der Waals surface area contributed by atoms with Gasteiger partial charge in [-0.25, -0.2) is 16.8 Å². The Morgan fingerprint density at radius 1 is 0.719 bits per heavy atom. The van der Waals surface area contributed by atoms with Crippen LogP contribution >= 0.6 is 0 Å². The predicted molar refractivity (Wildman–Crippen MR) is 125 cm³/mol. The van der Waals surface area contributed by atoms with Crippen LogP contribution in [0.2, 0.25) is 0 Å². The third-order valence-electron chi connectivity index (χ3n) is 4.49. The van der Waals surface area contributed by atoms with Gasteiger partial charge in [0.2, 0.25) is 5.91 Å². The number of nitrogens with one attached hydrogen (secondary N) is 3. The molecule has 1 amide bonds. The van der Waals surface area contributed by atoms with Gasteiger partial charge in [-0.3, -0.25) is 14.2 Å². The van der Waals surface area contributed by atoms with E-state index < -0.39 is 20.0 Å². The Kier molecular flexibility index (Phi) is 6.56. The second kappa shape index (κ2) is 9.01. The molecule has 3 N–H and O–H groups in total. The zero-order chi connectivity index (χ0) is 23.5. The first-order chi connectivity index (χ1) is 15.0. The molecule has 0 unspecified atom stereocenters. The Labute approximate surface area is 187 Å². The van der Waals surface area contributed by atoms with E-state index in [2.05, 4.69) is 14.8 Å². The van der Waals surface area contributed by atoms with E-state index in [0.29, 0.717) is 16.9 Å². The average molecular weight is 474 g/mol. The van der Waals surface area contributed by atoms with Gasteiger partial charge in [-0.15, -0.1) is 0 Å². The fourth-order valence-corrected chi connectivity index (χ4v) is 5.38. The zero-order valence-corrected chi connectivity index (χ0v) is 19.3. The molecule has 0 fully saturated rings. The van der Waals surface area contributed by atoms with Crippen molar-refractivity contribution in [3.8, 4) is 0 Å². The van der Waals surface area contributed by atoms with Crippen LogP contribution in [0.3, 0.4) is 0 Å². The van der Waals surface area contributed by atoms with Gasteiger partial charge in [0.05, 0.1) is 15.5 Å². The molecule has 0 heterocycles. The third-order valence-corrected chi connectivity index (χ3v) is 7.41. The number of sulfonamides is 2. The molecule has 3 rings (SSSR count). The van der Waals surface area contributed by atoms with Crippen LogP contribution in [0.5, 0.6) is 0 Å². The largest absolute Gasteiger partial charge is 0.326 e. The van der Waals surface area contributed by atoms with Crippen molar-refractivity contribution < 1.29 is 21.6 Å². The summed E-state index contributed by atoms with van der Waals surface area (Å²) in [6, 6.07) is 16.8. The Morgan fingerprint density at radius 3 is 1.94 bits per heavy atom. The summed E-state index contributed by atoms with van der Waals surface area (Å²) >= 11 is 0. The maximum atomic E-state index is 12.9. The van der Waals surface area contributed by atoms with Gasteiger partial charge in [0, 0.05) is 18.3 Å². The number of aryl methyl sites for hydroxylation is 2. The van der Waals surface area contributed by atoms with E-state index in [9.17, 15) is 21.6 Å². The average Bonchev–Trinajstić information content (AvgIpc) is 2.69. The second-order valence-corrected chi connectivity index (χ2v) is 10.6. The number of anilines is 3. The van der Waals surface area contributed by atoms with Crippen LogP contribution in [0.25, 0.3) is 0 Å². The van der Waals surface area contributed by atoms with Gasteiger partial charge in [-0.2, -0.15) is 0 Å². The van der Waals surface area contributed by atoms with Crippen LogP contribution in [0.15, 0.2) is 76.5 Å². The normalized spacial score (nSPS) is 11.6. The maximum absolute atomic E-state index is 12.9. The predicted octanol–water partition coefficient (Wildman–Crippen LogP) is 3.86. The Balaban J connectivity index is 1.87. The first-order valence-corrected chi connectivity index (χ1v) is 12.5. The van der Waals surface area contributed by atoms with Gasteiger partial charge in [-0.1, -0.05) is 18.2 Å². The van der Waals surface area contributed by atoms with Crippen LogP contribution < -0.4 is 14.8 Å². The van der Waals surface area contributed by atoms with Gasteiger partial charge < -0.3 is 5.32 Å². The summed E-state index contributed by atoms with van der Waals surface area (Å²) in [4.78, 5) is 11.0. The van der Waals surface area contributed by atoms with E-state index in [1.807, 2.05) is 13.0 Å². The fraction of sp³-hybridized carbons (Fsp3) is 0.136. The van der Waals surface area contributed by atoms with Crippen LogP contribution in [0, 0.1) is 13.8 Å². The number of rotatable bonds is 7. The minimum Gasteiger partial charge on any atom is -0.326 e. The molecule has 32 heavy (non-hydrogen) atoms. The van der Waals surface area contributed by atoms with Crippen molar-refractivity contribution in [1.29, 1.82) is 0 Å². The Morgan fingerprint density at radius 2 is 1.31 bits per heavy atom. The Hall–Kier alpha value is -3.37. The standard InChI is InChI=1S/C22H23N3O5S2/c1-15-5-4-6-19(13-15)25-32(29,30)22-14-20(8-7-16(22)2)24-31(27,28)21-11-9-18(10-12-21)23-17(3)26/h4-14,24-25H,1-3H3,(H,23,26). The topological polar surface area (TPSA) is 121 Å². The van der Waals surface area contributed by atoms with Gasteiger partial charge >= 0.3 is 0 Å². The highest BCUT2D eigenvalue weighted by molar-refractivity contribution is 7.93. The molecular formula is C22H23N3O5S2. The molecule has 8 nitrogen and oxygen atoms in total. The lowest BCUT2D eigenvalue weighted by Gasteiger charge is -2.14. The minimum absolute atomic E-state index is 0.0329. The molecular weight excluding hydrogens is 450 g/mol. The molecule has 0 aromatic heterocycles. The van der Waals surface area contributed by atoms with Gasteiger partial charge in [-0.05, 0) is 73.5 Å². The number of carbonyl (C=O) groups is 1. The smallest absolute Gasteiger partial charge is 0.262 e. The zero-order valence-electron chi connectivity index (χ0n) is 17.7. The first kappa shape index (κ1) is 23.3. The molecule has 3 aromatic rings. The summed E-state index contributed by atoms with van der Waals surface area (Å²) in [6.45, 7) is 4.83. The molecule has 0 spiro atoms. The summed E-state index contributed by atoms with van der Waals surface area (Å²) in [6.07, 6.45) is 0. The van der Waals surface area contributed by atoms with Crippen molar-refractivity contribution in [3.05, 3.63) is 77.9 Å². The molecule has 0 radical (unpaired) electrons. The highest BCUT2D eigenvalue weighted by Crippen LogP contribution is 2.25. The molecule has 0 aliphatic carbocycles. The number of benzene rings is 3.